The molecular weight excluding hydrogens is 176 g/mol. The first-order valence-electron chi connectivity index (χ1n) is 5.17. The average Bonchev–Trinajstić information content (AvgIpc) is 2.17. The summed E-state index contributed by atoms with van der Waals surface area (Å²) < 4.78 is 5.61. The SMILES string of the molecule is CNC(C)(C#N)CCOC(C)C(C)C. The molecule has 3 heteroatoms. The number of ether oxygens (including phenoxy) is 1. The minimum atomic E-state index is -0.462. The van der Waals surface area contributed by atoms with Crippen LogP contribution in [0, 0.1) is 17.2 Å². The van der Waals surface area contributed by atoms with Crippen LogP contribution in [0.5, 0.6) is 0 Å². The first-order valence-corrected chi connectivity index (χ1v) is 5.17. The highest BCUT2D eigenvalue weighted by Crippen LogP contribution is 2.10. The van der Waals surface area contributed by atoms with Gasteiger partial charge in [0.15, 0.2) is 0 Å². The van der Waals surface area contributed by atoms with Crippen LogP contribution in [0.1, 0.15) is 34.1 Å². The van der Waals surface area contributed by atoms with Gasteiger partial charge in [-0.1, -0.05) is 13.8 Å². The Bertz CT molecular complexity index is 198. The summed E-state index contributed by atoms with van der Waals surface area (Å²) in [5.41, 5.74) is -0.462. The quantitative estimate of drug-likeness (QED) is 0.709. The van der Waals surface area contributed by atoms with Crippen LogP contribution in [0.2, 0.25) is 0 Å². The molecule has 0 heterocycles. The van der Waals surface area contributed by atoms with E-state index in [9.17, 15) is 0 Å². The van der Waals surface area contributed by atoms with E-state index in [4.69, 9.17) is 10.00 Å². The predicted molar refractivity (Wildman–Crippen MR) is 57.9 cm³/mol. The molecule has 0 saturated carbocycles. The zero-order valence-electron chi connectivity index (χ0n) is 9.92. The van der Waals surface area contributed by atoms with Crippen molar-refractivity contribution in [3.8, 4) is 6.07 Å². The van der Waals surface area contributed by atoms with Gasteiger partial charge >= 0.3 is 0 Å². The lowest BCUT2D eigenvalue weighted by molar-refractivity contribution is 0.0277. The lowest BCUT2D eigenvalue weighted by Gasteiger charge is -2.23. The number of hydrogen-bond acceptors (Lipinski definition) is 3. The van der Waals surface area contributed by atoms with Crippen LogP contribution >= 0.6 is 0 Å². The second kappa shape index (κ2) is 6.00. The Morgan fingerprint density at radius 2 is 2.00 bits per heavy atom. The molecule has 0 aliphatic carbocycles. The van der Waals surface area contributed by atoms with Gasteiger partial charge in [-0.25, -0.2) is 0 Å². The van der Waals surface area contributed by atoms with Gasteiger partial charge in [-0.05, 0) is 26.8 Å². The summed E-state index contributed by atoms with van der Waals surface area (Å²) in [5, 5.41) is 11.9. The standard InChI is InChI=1S/C11H22N2O/c1-9(2)10(3)14-7-6-11(4,8-12)13-5/h9-10,13H,6-7H2,1-5H3. The molecule has 0 radical (unpaired) electrons. The highest BCUT2D eigenvalue weighted by atomic mass is 16.5. The van der Waals surface area contributed by atoms with E-state index in [1.807, 2.05) is 6.92 Å². The molecule has 2 atom stereocenters. The molecule has 0 spiro atoms. The summed E-state index contributed by atoms with van der Waals surface area (Å²) >= 11 is 0. The van der Waals surface area contributed by atoms with Gasteiger partial charge in [-0.2, -0.15) is 5.26 Å². The van der Waals surface area contributed by atoms with Crippen molar-refractivity contribution in [2.45, 2.75) is 45.8 Å². The van der Waals surface area contributed by atoms with Crippen LogP contribution in [-0.4, -0.2) is 25.3 Å². The Morgan fingerprint density at radius 1 is 1.43 bits per heavy atom. The molecule has 0 aliphatic heterocycles. The van der Waals surface area contributed by atoms with Gasteiger partial charge in [0, 0.05) is 13.0 Å². The Morgan fingerprint density at radius 3 is 2.36 bits per heavy atom. The molecule has 1 N–H and O–H groups in total. The molecule has 0 aromatic carbocycles. The van der Waals surface area contributed by atoms with Crippen molar-refractivity contribution in [1.29, 1.82) is 5.26 Å². The van der Waals surface area contributed by atoms with Crippen molar-refractivity contribution < 1.29 is 4.74 Å². The maximum Gasteiger partial charge on any atom is 0.105 e. The summed E-state index contributed by atoms with van der Waals surface area (Å²) in [7, 11) is 1.80. The van der Waals surface area contributed by atoms with Gasteiger partial charge in [-0.3, -0.25) is 0 Å². The van der Waals surface area contributed by atoms with Crippen molar-refractivity contribution >= 4 is 0 Å². The van der Waals surface area contributed by atoms with Crippen molar-refractivity contribution in [1.82, 2.24) is 5.32 Å². The van der Waals surface area contributed by atoms with Crippen LogP contribution < -0.4 is 5.32 Å². The summed E-state index contributed by atoms with van der Waals surface area (Å²) in [6.07, 6.45) is 0.978. The molecule has 82 valence electrons. The smallest absolute Gasteiger partial charge is 0.105 e. The summed E-state index contributed by atoms with van der Waals surface area (Å²) in [5.74, 6) is 0.526. The Kier molecular flexibility index (Phi) is 5.75. The topological polar surface area (TPSA) is 45.0 Å². The zero-order valence-corrected chi connectivity index (χ0v) is 9.92. The van der Waals surface area contributed by atoms with Gasteiger partial charge < -0.3 is 10.1 Å². The highest BCUT2D eigenvalue weighted by Gasteiger charge is 2.21. The molecule has 0 aromatic rings. The fourth-order valence-electron chi connectivity index (χ4n) is 0.878. The van der Waals surface area contributed by atoms with Crippen LogP contribution in [0.3, 0.4) is 0 Å². The molecule has 0 aromatic heterocycles. The number of hydrogen-bond donors (Lipinski definition) is 1. The van der Waals surface area contributed by atoms with Gasteiger partial charge in [0.1, 0.15) is 5.54 Å². The van der Waals surface area contributed by atoms with E-state index >= 15 is 0 Å². The third kappa shape index (κ3) is 4.59. The van der Waals surface area contributed by atoms with E-state index < -0.39 is 5.54 Å². The van der Waals surface area contributed by atoms with Gasteiger partial charge in [0.2, 0.25) is 0 Å². The molecule has 0 rings (SSSR count). The van der Waals surface area contributed by atoms with E-state index in [2.05, 4.69) is 32.2 Å². The largest absolute Gasteiger partial charge is 0.378 e. The summed E-state index contributed by atoms with van der Waals surface area (Å²) in [6.45, 7) is 8.84. The number of nitrogens with zero attached hydrogens (tertiary/aromatic N) is 1. The molecule has 2 unspecified atom stereocenters. The average molecular weight is 198 g/mol. The third-order valence-electron chi connectivity index (χ3n) is 2.72. The van der Waals surface area contributed by atoms with E-state index in [0.717, 1.165) is 6.42 Å². The predicted octanol–water partition coefficient (Wildman–Crippen LogP) is 1.94. The van der Waals surface area contributed by atoms with Gasteiger partial charge in [0.25, 0.3) is 0 Å². The molecule has 0 aliphatic rings. The molecule has 0 bridgehead atoms. The highest BCUT2D eigenvalue weighted by molar-refractivity contribution is 5.02. The van der Waals surface area contributed by atoms with Gasteiger partial charge in [-0.15, -0.1) is 0 Å². The number of nitrogens with one attached hydrogen (secondary N) is 1. The first-order chi connectivity index (χ1) is 6.45. The Balaban J connectivity index is 3.79. The molecule has 14 heavy (non-hydrogen) atoms. The zero-order chi connectivity index (χ0) is 11.2. The maximum atomic E-state index is 8.89. The molecular formula is C11H22N2O. The lowest BCUT2D eigenvalue weighted by Crippen LogP contribution is -2.39. The molecule has 0 amide bonds. The molecule has 0 saturated heterocycles. The fraction of sp³-hybridized carbons (Fsp3) is 0.909. The summed E-state index contributed by atoms with van der Waals surface area (Å²) in [6, 6.07) is 2.24. The normalized spacial score (nSPS) is 17.5. The van der Waals surface area contributed by atoms with Crippen LogP contribution in [0.4, 0.5) is 0 Å². The molecule has 3 nitrogen and oxygen atoms in total. The second-order valence-corrected chi connectivity index (χ2v) is 4.26. The van der Waals surface area contributed by atoms with Crippen molar-refractivity contribution in [2.24, 2.45) is 5.92 Å². The fourth-order valence-corrected chi connectivity index (χ4v) is 0.878. The molecule has 0 fully saturated rings. The van der Waals surface area contributed by atoms with E-state index in [1.165, 1.54) is 0 Å². The number of rotatable bonds is 6. The van der Waals surface area contributed by atoms with Crippen molar-refractivity contribution in [3.63, 3.8) is 0 Å². The second-order valence-electron chi connectivity index (χ2n) is 4.26. The number of nitriles is 1. The van der Waals surface area contributed by atoms with Crippen molar-refractivity contribution in [2.75, 3.05) is 13.7 Å². The van der Waals surface area contributed by atoms with Crippen LogP contribution in [-0.2, 0) is 4.74 Å². The van der Waals surface area contributed by atoms with E-state index in [1.54, 1.807) is 7.05 Å². The van der Waals surface area contributed by atoms with Crippen molar-refractivity contribution in [3.05, 3.63) is 0 Å². The minimum absolute atomic E-state index is 0.259. The Labute approximate surface area is 87.4 Å². The van der Waals surface area contributed by atoms with E-state index in [0.29, 0.717) is 12.5 Å². The third-order valence-corrected chi connectivity index (χ3v) is 2.72. The summed E-state index contributed by atoms with van der Waals surface area (Å²) in [4.78, 5) is 0. The van der Waals surface area contributed by atoms with Gasteiger partial charge in [0.05, 0.1) is 12.2 Å². The lowest BCUT2D eigenvalue weighted by atomic mass is 10.0. The first kappa shape index (κ1) is 13.4. The maximum absolute atomic E-state index is 8.89. The monoisotopic (exact) mass is 198 g/mol. The minimum Gasteiger partial charge on any atom is -0.378 e. The van der Waals surface area contributed by atoms with E-state index in [-0.39, 0.29) is 6.10 Å². The Hall–Kier alpha value is -0.590. The van der Waals surface area contributed by atoms with Crippen LogP contribution in [0.25, 0.3) is 0 Å². The van der Waals surface area contributed by atoms with Crippen LogP contribution in [0.15, 0.2) is 0 Å².